The van der Waals surface area contributed by atoms with Crippen LogP contribution < -0.4 is 4.90 Å². The molecule has 158 valence electrons. The van der Waals surface area contributed by atoms with Crippen LogP contribution in [-0.4, -0.2) is 70.9 Å². The summed E-state index contributed by atoms with van der Waals surface area (Å²) in [4.78, 5) is 42.3. The Morgan fingerprint density at radius 1 is 1.10 bits per heavy atom. The van der Waals surface area contributed by atoms with Crippen molar-refractivity contribution in [3.63, 3.8) is 0 Å². The van der Waals surface area contributed by atoms with Gasteiger partial charge in [0.15, 0.2) is 0 Å². The second kappa shape index (κ2) is 7.34. The monoisotopic (exact) mass is 425 g/mol. The molecule has 0 unspecified atom stereocenters. The molecule has 5 heterocycles. The lowest BCUT2D eigenvalue weighted by atomic mass is 9.60. The number of carbonyl (C=O) groups is 2. The van der Waals surface area contributed by atoms with E-state index in [-0.39, 0.29) is 17.2 Å². The van der Waals surface area contributed by atoms with Gasteiger partial charge in [0.2, 0.25) is 11.9 Å². The van der Waals surface area contributed by atoms with Gasteiger partial charge in [-0.25, -0.2) is 9.97 Å². The number of likely N-dealkylation sites (tertiary alicyclic amines) is 2. The van der Waals surface area contributed by atoms with E-state index in [9.17, 15) is 9.59 Å². The number of rotatable bonds is 3. The molecule has 7 nitrogen and oxygen atoms in total. The van der Waals surface area contributed by atoms with Crippen molar-refractivity contribution in [1.82, 2.24) is 19.8 Å². The Morgan fingerprint density at radius 2 is 1.87 bits per heavy atom. The van der Waals surface area contributed by atoms with Gasteiger partial charge >= 0.3 is 0 Å². The summed E-state index contributed by atoms with van der Waals surface area (Å²) in [6, 6.07) is 5.63. The predicted molar refractivity (Wildman–Crippen MR) is 115 cm³/mol. The van der Waals surface area contributed by atoms with E-state index >= 15 is 0 Å². The molecule has 3 saturated heterocycles. The van der Waals surface area contributed by atoms with E-state index in [0.29, 0.717) is 25.6 Å². The SMILES string of the molecule is CCN1CC[C@@]2(CN(c3ncccn3)CC23CCN(C(=O)c2cccs2)CC3)C1=O. The first-order chi connectivity index (χ1) is 14.6. The lowest BCUT2D eigenvalue weighted by Gasteiger charge is -2.46. The zero-order valence-corrected chi connectivity index (χ0v) is 18.1. The van der Waals surface area contributed by atoms with Gasteiger partial charge in [0.25, 0.3) is 5.91 Å². The summed E-state index contributed by atoms with van der Waals surface area (Å²) >= 11 is 1.49. The minimum atomic E-state index is -0.402. The second-order valence-electron chi connectivity index (χ2n) is 8.67. The Morgan fingerprint density at radius 3 is 2.50 bits per heavy atom. The van der Waals surface area contributed by atoms with E-state index < -0.39 is 5.41 Å². The van der Waals surface area contributed by atoms with Gasteiger partial charge in [-0.2, -0.15) is 0 Å². The first-order valence-electron chi connectivity index (χ1n) is 10.7. The highest BCUT2D eigenvalue weighted by Crippen LogP contribution is 2.58. The van der Waals surface area contributed by atoms with Gasteiger partial charge in [0, 0.05) is 57.1 Å². The van der Waals surface area contributed by atoms with Gasteiger partial charge in [0.05, 0.1) is 10.3 Å². The number of piperidine rings is 1. The topological polar surface area (TPSA) is 69.6 Å². The summed E-state index contributed by atoms with van der Waals surface area (Å²) in [7, 11) is 0. The largest absolute Gasteiger partial charge is 0.342 e. The molecule has 2 aromatic rings. The smallest absolute Gasteiger partial charge is 0.263 e. The quantitative estimate of drug-likeness (QED) is 0.756. The molecule has 0 aromatic carbocycles. The molecule has 0 aliphatic carbocycles. The van der Waals surface area contributed by atoms with Crippen molar-refractivity contribution in [2.75, 3.05) is 44.2 Å². The van der Waals surface area contributed by atoms with Crippen LogP contribution in [0.25, 0.3) is 0 Å². The normalized spacial score (nSPS) is 25.6. The molecule has 0 saturated carbocycles. The summed E-state index contributed by atoms with van der Waals surface area (Å²) < 4.78 is 0. The Kier molecular flexibility index (Phi) is 4.76. The van der Waals surface area contributed by atoms with Gasteiger partial charge in [-0.05, 0) is 43.7 Å². The Hall–Kier alpha value is -2.48. The van der Waals surface area contributed by atoms with Crippen molar-refractivity contribution >= 4 is 29.1 Å². The maximum absolute atomic E-state index is 13.6. The molecule has 2 amide bonds. The van der Waals surface area contributed by atoms with Gasteiger partial charge in [-0.15, -0.1) is 11.3 Å². The minimum Gasteiger partial charge on any atom is -0.342 e. The van der Waals surface area contributed by atoms with Crippen LogP contribution in [-0.2, 0) is 4.79 Å². The molecule has 3 fully saturated rings. The van der Waals surface area contributed by atoms with Crippen molar-refractivity contribution in [3.8, 4) is 0 Å². The Bertz CT molecular complexity index is 926. The average Bonchev–Trinajstić information content (AvgIpc) is 3.50. The fourth-order valence-corrected chi connectivity index (χ4v) is 6.46. The molecule has 2 spiro atoms. The molecular weight excluding hydrogens is 398 g/mol. The van der Waals surface area contributed by atoms with Gasteiger partial charge in [-0.3, -0.25) is 9.59 Å². The third-order valence-electron chi connectivity index (χ3n) is 7.43. The van der Waals surface area contributed by atoms with Gasteiger partial charge in [0.1, 0.15) is 0 Å². The van der Waals surface area contributed by atoms with Crippen molar-refractivity contribution in [2.24, 2.45) is 10.8 Å². The first-order valence-corrected chi connectivity index (χ1v) is 11.6. The number of nitrogens with zero attached hydrogens (tertiary/aromatic N) is 5. The number of amides is 2. The first kappa shape index (κ1) is 19.5. The number of hydrogen-bond donors (Lipinski definition) is 0. The summed E-state index contributed by atoms with van der Waals surface area (Å²) in [5.74, 6) is 1.10. The Labute approximate surface area is 180 Å². The second-order valence-corrected chi connectivity index (χ2v) is 9.62. The molecule has 8 heteroatoms. The summed E-state index contributed by atoms with van der Waals surface area (Å²) in [5.41, 5.74) is -0.542. The van der Waals surface area contributed by atoms with Crippen molar-refractivity contribution in [3.05, 3.63) is 40.8 Å². The maximum Gasteiger partial charge on any atom is 0.263 e. The van der Waals surface area contributed by atoms with Crippen LogP contribution >= 0.6 is 11.3 Å². The highest BCUT2D eigenvalue weighted by atomic mass is 32.1. The van der Waals surface area contributed by atoms with Crippen LogP contribution in [0.1, 0.15) is 35.9 Å². The number of anilines is 1. The van der Waals surface area contributed by atoms with Crippen LogP contribution in [0.2, 0.25) is 0 Å². The van der Waals surface area contributed by atoms with Crippen LogP contribution in [0.5, 0.6) is 0 Å². The van der Waals surface area contributed by atoms with E-state index in [1.807, 2.05) is 33.4 Å². The van der Waals surface area contributed by atoms with Crippen molar-refractivity contribution in [2.45, 2.75) is 26.2 Å². The molecule has 30 heavy (non-hydrogen) atoms. The molecular formula is C22H27N5O2S. The molecule has 1 atom stereocenters. The molecule has 3 aliphatic heterocycles. The van der Waals surface area contributed by atoms with Crippen LogP contribution in [0.15, 0.2) is 36.0 Å². The summed E-state index contributed by atoms with van der Waals surface area (Å²) in [5, 5.41) is 1.94. The zero-order valence-electron chi connectivity index (χ0n) is 17.3. The average molecular weight is 426 g/mol. The number of hydrogen-bond acceptors (Lipinski definition) is 6. The summed E-state index contributed by atoms with van der Waals surface area (Å²) in [6.45, 7) is 6.47. The highest BCUT2D eigenvalue weighted by Gasteiger charge is 2.65. The molecule has 0 N–H and O–H groups in total. The van der Waals surface area contributed by atoms with Gasteiger partial charge < -0.3 is 14.7 Å². The number of aromatic nitrogens is 2. The predicted octanol–water partition coefficient (Wildman–Crippen LogP) is 2.52. The van der Waals surface area contributed by atoms with E-state index in [2.05, 4.69) is 21.8 Å². The van der Waals surface area contributed by atoms with Crippen LogP contribution in [0, 0.1) is 10.8 Å². The molecule has 3 aliphatic rings. The standard InChI is InChI=1S/C22H27N5O2S/c1-2-25-13-8-22(19(25)29)16-27(20-23-9-4-10-24-20)15-21(22)6-11-26(12-7-21)18(28)17-5-3-14-30-17/h3-5,9-10,14H,2,6-8,11-13,15-16H2,1H3/t22-/m1/s1. The third kappa shape index (κ3) is 2.84. The van der Waals surface area contributed by atoms with Crippen molar-refractivity contribution < 1.29 is 9.59 Å². The number of carbonyl (C=O) groups excluding carboxylic acids is 2. The number of fused-ring (bicyclic) bond motifs is 1. The highest BCUT2D eigenvalue weighted by molar-refractivity contribution is 7.12. The van der Waals surface area contributed by atoms with E-state index in [0.717, 1.165) is 43.8 Å². The van der Waals surface area contributed by atoms with E-state index in [1.54, 1.807) is 12.4 Å². The Balaban J connectivity index is 1.43. The van der Waals surface area contributed by atoms with Crippen molar-refractivity contribution in [1.29, 1.82) is 0 Å². The molecule has 0 bridgehead atoms. The lowest BCUT2D eigenvalue weighted by Crippen LogP contribution is -2.53. The lowest BCUT2D eigenvalue weighted by molar-refractivity contribution is -0.141. The molecule has 0 radical (unpaired) electrons. The number of thiophene rings is 1. The maximum atomic E-state index is 13.6. The van der Waals surface area contributed by atoms with E-state index in [4.69, 9.17) is 0 Å². The minimum absolute atomic E-state index is 0.114. The zero-order chi connectivity index (χ0) is 20.8. The fraction of sp³-hybridized carbons (Fsp3) is 0.545. The van der Waals surface area contributed by atoms with E-state index in [1.165, 1.54) is 11.3 Å². The molecule has 2 aromatic heterocycles. The van der Waals surface area contributed by atoms with Gasteiger partial charge in [-0.1, -0.05) is 6.07 Å². The van der Waals surface area contributed by atoms with Crippen LogP contribution in [0.4, 0.5) is 5.95 Å². The summed E-state index contributed by atoms with van der Waals surface area (Å²) in [6.07, 6.45) is 6.09. The fourth-order valence-electron chi connectivity index (χ4n) is 5.77. The molecule has 5 rings (SSSR count). The van der Waals surface area contributed by atoms with Crippen LogP contribution in [0.3, 0.4) is 0 Å². The third-order valence-corrected chi connectivity index (χ3v) is 8.29.